The second kappa shape index (κ2) is 3.14. The molecule has 0 spiro atoms. The van der Waals surface area contributed by atoms with Crippen molar-refractivity contribution in [2.75, 3.05) is 5.01 Å². The molecule has 2 rings (SSSR count). The summed E-state index contributed by atoms with van der Waals surface area (Å²) in [5, 5.41) is 1.57. The molecule has 1 saturated heterocycles. The summed E-state index contributed by atoms with van der Waals surface area (Å²) >= 11 is 0. The summed E-state index contributed by atoms with van der Waals surface area (Å²) in [4.78, 5) is 22.3. The number of hydrazine groups is 1. The molecule has 1 fully saturated rings. The highest BCUT2D eigenvalue weighted by molar-refractivity contribution is 6.41. The molecule has 14 heavy (non-hydrogen) atoms. The molecule has 0 saturated carbocycles. The van der Waals surface area contributed by atoms with Crippen LogP contribution < -0.4 is 10.4 Å². The van der Waals surface area contributed by atoms with Crippen molar-refractivity contribution in [2.24, 2.45) is 0 Å². The molecule has 1 aromatic carbocycles. The van der Waals surface area contributed by atoms with Gasteiger partial charge in [0.05, 0.1) is 5.69 Å². The van der Waals surface area contributed by atoms with Gasteiger partial charge in [0, 0.05) is 0 Å². The van der Waals surface area contributed by atoms with Gasteiger partial charge in [0.1, 0.15) is 6.04 Å². The van der Waals surface area contributed by atoms with Crippen molar-refractivity contribution >= 4 is 17.4 Å². The van der Waals surface area contributed by atoms with Crippen molar-refractivity contribution in [1.82, 2.24) is 5.43 Å². The van der Waals surface area contributed by atoms with Gasteiger partial charge in [0.2, 0.25) is 5.78 Å². The lowest BCUT2D eigenvalue weighted by Crippen LogP contribution is -2.37. The number of benzene rings is 1. The largest absolute Gasteiger partial charge is 0.308 e. The summed E-state index contributed by atoms with van der Waals surface area (Å²) in [6, 6.07) is 8.86. The van der Waals surface area contributed by atoms with Gasteiger partial charge in [0.15, 0.2) is 0 Å². The zero-order valence-electron chi connectivity index (χ0n) is 7.73. The highest BCUT2D eigenvalue weighted by atomic mass is 16.2. The van der Waals surface area contributed by atoms with E-state index < -0.39 is 17.7 Å². The van der Waals surface area contributed by atoms with Crippen molar-refractivity contribution in [3.05, 3.63) is 30.3 Å². The van der Waals surface area contributed by atoms with Gasteiger partial charge in [-0.15, -0.1) is 0 Å². The maximum atomic E-state index is 11.2. The lowest BCUT2D eigenvalue weighted by atomic mass is 10.2. The molecule has 1 atom stereocenters. The van der Waals surface area contributed by atoms with E-state index in [9.17, 15) is 9.59 Å². The van der Waals surface area contributed by atoms with Crippen LogP contribution in [0.2, 0.25) is 0 Å². The summed E-state index contributed by atoms with van der Waals surface area (Å²) < 4.78 is 0. The van der Waals surface area contributed by atoms with Gasteiger partial charge in [-0.25, -0.2) is 0 Å². The van der Waals surface area contributed by atoms with Gasteiger partial charge in [0.25, 0.3) is 0 Å². The first-order chi connectivity index (χ1) is 6.70. The molecule has 1 aliphatic rings. The number of nitrogens with one attached hydrogen (secondary N) is 1. The average Bonchev–Trinajstić information content (AvgIpc) is 2.47. The van der Waals surface area contributed by atoms with Crippen molar-refractivity contribution in [2.45, 2.75) is 13.0 Å². The number of carbonyl (C=O) groups is 2. The Morgan fingerprint density at radius 3 is 2.36 bits per heavy atom. The van der Waals surface area contributed by atoms with Crippen LogP contribution in [0, 0.1) is 0 Å². The number of anilines is 1. The third-order valence-corrected chi connectivity index (χ3v) is 2.25. The maximum Gasteiger partial charge on any atom is 0.308 e. The Morgan fingerprint density at radius 2 is 1.86 bits per heavy atom. The van der Waals surface area contributed by atoms with Crippen molar-refractivity contribution in [3.63, 3.8) is 0 Å². The zero-order chi connectivity index (χ0) is 10.1. The number of carbonyl (C=O) groups excluding carboxylic acids is 2. The molecule has 1 unspecified atom stereocenters. The molecule has 1 N–H and O–H groups in total. The molecule has 0 aromatic heterocycles. The Hall–Kier alpha value is -1.84. The number of Topliss-reactive ketones (excluding diaryl/α,β-unsaturated/α-hetero) is 1. The first kappa shape index (κ1) is 8.74. The zero-order valence-corrected chi connectivity index (χ0v) is 7.73. The van der Waals surface area contributed by atoms with E-state index in [0.29, 0.717) is 0 Å². The first-order valence-electron chi connectivity index (χ1n) is 4.39. The highest BCUT2D eigenvalue weighted by Crippen LogP contribution is 2.17. The third-order valence-electron chi connectivity index (χ3n) is 2.25. The Balaban J connectivity index is 2.30. The predicted molar refractivity (Wildman–Crippen MR) is 51.5 cm³/mol. The van der Waals surface area contributed by atoms with Gasteiger partial charge >= 0.3 is 5.91 Å². The second-order valence-corrected chi connectivity index (χ2v) is 3.19. The molecule has 0 bridgehead atoms. The van der Waals surface area contributed by atoms with E-state index in [4.69, 9.17) is 0 Å². The minimum atomic E-state index is -0.540. The van der Waals surface area contributed by atoms with Gasteiger partial charge in [-0.2, -0.15) is 0 Å². The molecule has 1 heterocycles. The fourth-order valence-corrected chi connectivity index (χ4v) is 1.45. The van der Waals surface area contributed by atoms with Gasteiger partial charge in [-0.3, -0.25) is 20.0 Å². The third kappa shape index (κ3) is 1.25. The number of nitrogens with zero attached hydrogens (tertiary/aromatic N) is 1. The first-order valence-corrected chi connectivity index (χ1v) is 4.39. The Kier molecular flexibility index (Phi) is 1.96. The van der Waals surface area contributed by atoms with Crippen LogP contribution in [-0.2, 0) is 9.59 Å². The van der Waals surface area contributed by atoms with Crippen LogP contribution in [0.1, 0.15) is 6.92 Å². The van der Waals surface area contributed by atoms with Gasteiger partial charge < -0.3 is 0 Å². The Morgan fingerprint density at radius 1 is 1.21 bits per heavy atom. The van der Waals surface area contributed by atoms with Crippen LogP contribution >= 0.6 is 0 Å². The Labute approximate surface area is 81.5 Å². The SMILES string of the molecule is CC1C(=O)C(=O)NN1c1ccccc1. The molecule has 0 aliphatic carbocycles. The van der Waals surface area contributed by atoms with E-state index in [-0.39, 0.29) is 0 Å². The smallest absolute Gasteiger partial charge is 0.286 e. The fraction of sp³-hybridized carbons (Fsp3) is 0.200. The van der Waals surface area contributed by atoms with E-state index in [1.54, 1.807) is 11.9 Å². The maximum absolute atomic E-state index is 11.2. The van der Waals surface area contributed by atoms with Crippen LogP contribution in [0.4, 0.5) is 5.69 Å². The number of ketones is 1. The molecule has 72 valence electrons. The monoisotopic (exact) mass is 190 g/mol. The molecule has 1 aromatic rings. The standard InChI is InChI=1S/C10H10N2O2/c1-7-9(13)10(14)11-12(7)8-5-3-2-4-6-8/h2-7H,1H3,(H,11,14). The number of rotatable bonds is 1. The lowest BCUT2D eigenvalue weighted by Gasteiger charge is -2.20. The van der Waals surface area contributed by atoms with Crippen LogP contribution in [0.15, 0.2) is 30.3 Å². The summed E-state index contributed by atoms with van der Waals surface area (Å²) in [5.74, 6) is -0.935. The second-order valence-electron chi connectivity index (χ2n) is 3.19. The highest BCUT2D eigenvalue weighted by Gasteiger charge is 2.35. The van der Waals surface area contributed by atoms with Crippen LogP contribution in [0.25, 0.3) is 0 Å². The quantitative estimate of drug-likeness (QED) is 0.656. The summed E-state index contributed by atoms with van der Waals surface area (Å²) in [6.07, 6.45) is 0. The van der Waals surface area contributed by atoms with Crippen molar-refractivity contribution < 1.29 is 9.59 Å². The number of amides is 1. The van der Waals surface area contributed by atoms with E-state index in [2.05, 4.69) is 5.43 Å². The van der Waals surface area contributed by atoms with Gasteiger partial charge in [-0.05, 0) is 19.1 Å². The van der Waals surface area contributed by atoms with Crippen LogP contribution in [0.5, 0.6) is 0 Å². The Bertz CT molecular complexity index is 375. The summed E-state index contributed by atoms with van der Waals surface area (Å²) in [5.41, 5.74) is 3.33. The minimum Gasteiger partial charge on any atom is -0.286 e. The van der Waals surface area contributed by atoms with E-state index in [1.807, 2.05) is 30.3 Å². The molecular weight excluding hydrogens is 180 g/mol. The predicted octanol–water partition coefficient (Wildman–Crippen LogP) is 0.495. The van der Waals surface area contributed by atoms with E-state index in [0.717, 1.165) is 5.69 Å². The van der Waals surface area contributed by atoms with Crippen molar-refractivity contribution in [3.8, 4) is 0 Å². The minimum absolute atomic E-state index is 0.395. The summed E-state index contributed by atoms with van der Waals surface area (Å²) in [6.45, 7) is 1.70. The molecular formula is C10H10N2O2. The summed E-state index contributed by atoms with van der Waals surface area (Å²) in [7, 11) is 0. The topological polar surface area (TPSA) is 49.4 Å². The van der Waals surface area contributed by atoms with Crippen LogP contribution in [0.3, 0.4) is 0 Å². The fourth-order valence-electron chi connectivity index (χ4n) is 1.45. The van der Waals surface area contributed by atoms with E-state index >= 15 is 0 Å². The van der Waals surface area contributed by atoms with Crippen molar-refractivity contribution in [1.29, 1.82) is 0 Å². The normalized spacial score (nSPS) is 21.2. The number of hydrogen-bond donors (Lipinski definition) is 1. The molecule has 4 heteroatoms. The number of hydrogen-bond acceptors (Lipinski definition) is 3. The molecule has 4 nitrogen and oxygen atoms in total. The van der Waals surface area contributed by atoms with Crippen LogP contribution in [-0.4, -0.2) is 17.7 Å². The molecule has 1 amide bonds. The van der Waals surface area contributed by atoms with E-state index in [1.165, 1.54) is 0 Å². The molecule has 0 radical (unpaired) electrons. The molecule has 1 aliphatic heterocycles. The lowest BCUT2D eigenvalue weighted by molar-refractivity contribution is -0.135. The van der Waals surface area contributed by atoms with Gasteiger partial charge in [-0.1, -0.05) is 18.2 Å². The average molecular weight is 190 g/mol. The number of para-hydroxylation sites is 1.